The van der Waals surface area contributed by atoms with E-state index in [9.17, 15) is 4.79 Å². The molecule has 0 saturated carbocycles. The Hall–Kier alpha value is -1.96. The molecular formula is C14H18ClN5O2. The molecule has 2 heterocycles. The highest BCUT2D eigenvalue weighted by Crippen LogP contribution is 2.14. The molecule has 1 aliphatic heterocycles. The van der Waals surface area contributed by atoms with Crippen molar-refractivity contribution in [3.63, 3.8) is 0 Å². The summed E-state index contributed by atoms with van der Waals surface area (Å²) in [7, 11) is 0. The molecule has 2 N–H and O–H groups in total. The minimum atomic E-state index is -0.325. The summed E-state index contributed by atoms with van der Waals surface area (Å²) >= 11 is 0. The number of hydrogen-bond acceptors (Lipinski definition) is 5. The first-order valence-electron chi connectivity index (χ1n) is 6.86. The normalized spacial score (nSPS) is 21.0. The van der Waals surface area contributed by atoms with Gasteiger partial charge < -0.3 is 15.4 Å². The quantitative estimate of drug-likeness (QED) is 0.881. The van der Waals surface area contributed by atoms with Crippen molar-refractivity contribution >= 4 is 24.0 Å². The first-order valence-corrected chi connectivity index (χ1v) is 6.86. The summed E-state index contributed by atoms with van der Waals surface area (Å²) < 4.78 is 7.13. The van der Waals surface area contributed by atoms with Gasteiger partial charge in [0, 0.05) is 12.2 Å². The van der Waals surface area contributed by atoms with Gasteiger partial charge in [0.15, 0.2) is 0 Å². The minimum Gasteiger partial charge on any atom is -0.375 e. The van der Waals surface area contributed by atoms with Crippen LogP contribution in [-0.4, -0.2) is 46.2 Å². The van der Waals surface area contributed by atoms with E-state index >= 15 is 0 Å². The molecule has 0 radical (unpaired) electrons. The maximum Gasteiger partial charge on any atom is 0.244 e. The number of carbonyl (C=O) groups excluding carboxylic acids is 1. The third kappa shape index (κ3) is 3.62. The molecule has 1 aromatic carbocycles. The third-order valence-corrected chi connectivity index (χ3v) is 3.42. The molecule has 0 bridgehead atoms. The van der Waals surface area contributed by atoms with Gasteiger partial charge in [-0.05, 0) is 31.2 Å². The first kappa shape index (κ1) is 16.4. The zero-order valence-electron chi connectivity index (χ0n) is 12.1. The first-order chi connectivity index (χ1) is 10.2. The van der Waals surface area contributed by atoms with E-state index in [1.807, 2.05) is 31.2 Å². The van der Waals surface area contributed by atoms with Crippen molar-refractivity contribution in [2.24, 2.45) is 0 Å². The lowest BCUT2D eigenvalue weighted by atomic mass is 10.1. The molecule has 0 spiro atoms. The van der Waals surface area contributed by atoms with E-state index < -0.39 is 0 Å². The minimum absolute atomic E-state index is 0. The number of ether oxygens (including phenoxy) is 1. The van der Waals surface area contributed by atoms with Crippen molar-refractivity contribution in [3.05, 3.63) is 36.7 Å². The van der Waals surface area contributed by atoms with Crippen LogP contribution in [0.2, 0.25) is 0 Å². The Labute approximate surface area is 134 Å². The maximum atomic E-state index is 12.2. The summed E-state index contributed by atoms with van der Waals surface area (Å²) in [5.41, 5.74) is 1.63. The van der Waals surface area contributed by atoms with Crippen LogP contribution in [-0.2, 0) is 9.53 Å². The van der Waals surface area contributed by atoms with Gasteiger partial charge in [-0.15, -0.1) is 17.5 Å². The average molecular weight is 324 g/mol. The number of anilines is 1. The van der Waals surface area contributed by atoms with Crippen LogP contribution < -0.4 is 10.6 Å². The molecular weight excluding hydrogens is 306 g/mol. The second-order valence-corrected chi connectivity index (χ2v) is 4.89. The average Bonchev–Trinajstić information content (AvgIpc) is 3.02. The highest BCUT2D eigenvalue weighted by molar-refractivity contribution is 5.95. The summed E-state index contributed by atoms with van der Waals surface area (Å²) in [4.78, 5) is 12.2. The highest BCUT2D eigenvalue weighted by Gasteiger charge is 2.28. The van der Waals surface area contributed by atoms with Gasteiger partial charge in [0.2, 0.25) is 5.91 Å². The standard InChI is InChI=1S/C14H17N5O2.ClH/c1-10-13(15-7-9-21-10)14(20)17-11-2-4-12(5-3-11)19-8-6-16-18-19;/h2-6,8,10,13,15H,7,9H2,1H3,(H,17,20);1H/t10-,13+;/m1./s1. The molecule has 3 rings (SSSR count). The van der Waals surface area contributed by atoms with Gasteiger partial charge in [0.05, 0.1) is 30.8 Å². The van der Waals surface area contributed by atoms with E-state index in [0.717, 1.165) is 11.4 Å². The number of aromatic nitrogens is 3. The highest BCUT2D eigenvalue weighted by atomic mass is 35.5. The molecule has 1 aliphatic rings. The molecule has 2 aromatic rings. The van der Waals surface area contributed by atoms with Crippen molar-refractivity contribution in [3.8, 4) is 5.69 Å². The fourth-order valence-electron chi connectivity index (χ4n) is 2.29. The number of hydrogen-bond donors (Lipinski definition) is 2. The lowest BCUT2D eigenvalue weighted by Gasteiger charge is -2.29. The Balaban J connectivity index is 0.00000176. The van der Waals surface area contributed by atoms with Crippen molar-refractivity contribution in [1.29, 1.82) is 0 Å². The number of amides is 1. The van der Waals surface area contributed by atoms with E-state index in [1.54, 1.807) is 17.1 Å². The van der Waals surface area contributed by atoms with Crippen LogP contribution in [0.25, 0.3) is 5.69 Å². The van der Waals surface area contributed by atoms with Crippen molar-refractivity contribution in [1.82, 2.24) is 20.3 Å². The number of morpholine rings is 1. The second-order valence-electron chi connectivity index (χ2n) is 4.89. The molecule has 1 saturated heterocycles. The molecule has 0 aliphatic carbocycles. The maximum absolute atomic E-state index is 12.2. The van der Waals surface area contributed by atoms with E-state index in [-0.39, 0.29) is 30.5 Å². The predicted molar refractivity (Wildman–Crippen MR) is 84.4 cm³/mol. The number of benzene rings is 1. The van der Waals surface area contributed by atoms with Gasteiger partial charge in [-0.25, -0.2) is 4.68 Å². The van der Waals surface area contributed by atoms with E-state index in [1.165, 1.54) is 0 Å². The van der Waals surface area contributed by atoms with Crippen LogP contribution in [0, 0.1) is 0 Å². The van der Waals surface area contributed by atoms with Gasteiger partial charge in [0.25, 0.3) is 0 Å². The Kier molecular flexibility index (Phi) is 5.48. The fraction of sp³-hybridized carbons (Fsp3) is 0.357. The monoisotopic (exact) mass is 323 g/mol. The summed E-state index contributed by atoms with van der Waals surface area (Å²) in [5.74, 6) is -0.0873. The van der Waals surface area contributed by atoms with E-state index in [4.69, 9.17) is 4.74 Å². The number of nitrogens with one attached hydrogen (secondary N) is 2. The molecule has 1 aromatic heterocycles. The van der Waals surface area contributed by atoms with E-state index in [0.29, 0.717) is 13.2 Å². The van der Waals surface area contributed by atoms with Crippen LogP contribution in [0.5, 0.6) is 0 Å². The van der Waals surface area contributed by atoms with Crippen molar-refractivity contribution in [2.75, 3.05) is 18.5 Å². The topological polar surface area (TPSA) is 81.1 Å². The molecule has 7 nitrogen and oxygen atoms in total. The molecule has 22 heavy (non-hydrogen) atoms. The van der Waals surface area contributed by atoms with Crippen molar-refractivity contribution < 1.29 is 9.53 Å². The van der Waals surface area contributed by atoms with Crippen LogP contribution in [0.1, 0.15) is 6.92 Å². The van der Waals surface area contributed by atoms with Crippen LogP contribution >= 0.6 is 12.4 Å². The Bertz CT molecular complexity index is 602. The van der Waals surface area contributed by atoms with Crippen LogP contribution in [0.4, 0.5) is 5.69 Å². The molecule has 1 fully saturated rings. The smallest absolute Gasteiger partial charge is 0.244 e. The van der Waals surface area contributed by atoms with Crippen molar-refractivity contribution in [2.45, 2.75) is 19.1 Å². The lowest BCUT2D eigenvalue weighted by Crippen LogP contribution is -2.53. The lowest BCUT2D eigenvalue weighted by molar-refractivity contribution is -0.123. The van der Waals surface area contributed by atoms with Gasteiger partial charge in [-0.2, -0.15) is 0 Å². The Morgan fingerprint density at radius 3 is 2.82 bits per heavy atom. The fourth-order valence-corrected chi connectivity index (χ4v) is 2.29. The number of carbonyl (C=O) groups is 1. The number of rotatable bonds is 3. The predicted octanol–water partition coefficient (Wildman–Crippen LogP) is 1.00. The van der Waals surface area contributed by atoms with E-state index in [2.05, 4.69) is 20.9 Å². The van der Waals surface area contributed by atoms with Gasteiger partial charge in [0.1, 0.15) is 6.04 Å². The zero-order chi connectivity index (χ0) is 14.7. The molecule has 8 heteroatoms. The number of nitrogens with zero attached hydrogens (tertiary/aromatic N) is 3. The molecule has 1 amide bonds. The number of halogens is 1. The third-order valence-electron chi connectivity index (χ3n) is 3.42. The van der Waals surface area contributed by atoms with Crippen LogP contribution in [0.15, 0.2) is 36.7 Å². The molecule has 0 unspecified atom stereocenters. The summed E-state index contributed by atoms with van der Waals surface area (Å²) in [6.45, 7) is 3.22. The largest absolute Gasteiger partial charge is 0.375 e. The van der Waals surface area contributed by atoms with Gasteiger partial charge in [-0.1, -0.05) is 5.21 Å². The summed E-state index contributed by atoms with van der Waals surface area (Å²) in [5, 5.41) is 13.7. The summed E-state index contributed by atoms with van der Waals surface area (Å²) in [6, 6.07) is 7.09. The summed E-state index contributed by atoms with van der Waals surface area (Å²) in [6.07, 6.45) is 3.25. The SMILES string of the molecule is C[C@H]1OCCN[C@@H]1C(=O)Nc1ccc(-n2ccnn2)cc1.Cl. The Morgan fingerprint density at radius 2 is 2.18 bits per heavy atom. The Morgan fingerprint density at radius 1 is 1.41 bits per heavy atom. The second kappa shape index (κ2) is 7.35. The van der Waals surface area contributed by atoms with Gasteiger partial charge in [-0.3, -0.25) is 4.79 Å². The molecule has 2 atom stereocenters. The molecule has 118 valence electrons. The van der Waals surface area contributed by atoms with Gasteiger partial charge >= 0.3 is 0 Å². The van der Waals surface area contributed by atoms with Crippen LogP contribution in [0.3, 0.4) is 0 Å². The zero-order valence-corrected chi connectivity index (χ0v) is 12.9.